The van der Waals surface area contributed by atoms with E-state index in [1.54, 1.807) is 12.4 Å². The second-order valence-electron chi connectivity index (χ2n) is 4.31. The van der Waals surface area contributed by atoms with Gasteiger partial charge in [0.05, 0.1) is 0 Å². The number of imidazole rings is 1. The maximum absolute atomic E-state index is 10.5. The van der Waals surface area contributed by atoms with Gasteiger partial charge in [0, 0.05) is 31.3 Å². The molecular formula is C14H19N3O. The molecule has 2 aromatic heterocycles. The summed E-state index contributed by atoms with van der Waals surface area (Å²) in [6, 6.07) is 1.87. The second kappa shape index (κ2) is 5.78. The van der Waals surface area contributed by atoms with Crippen molar-refractivity contribution in [3.05, 3.63) is 47.8 Å². The Hall–Kier alpha value is -1.68. The van der Waals surface area contributed by atoms with Crippen LogP contribution >= 0.6 is 0 Å². The van der Waals surface area contributed by atoms with Crippen LogP contribution in [0.1, 0.15) is 43.3 Å². The molecule has 0 spiro atoms. The predicted molar refractivity (Wildman–Crippen MR) is 70.2 cm³/mol. The lowest BCUT2D eigenvalue weighted by Crippen LogP contribution is -2.11. The van der Waals surface area contributed by atoms with Crippen molar-refractivity contribution in [1.82, 2.24) is 14.5 Å². The summed E-state index contributed by atoms with van der Waals surface area (Å²) in [7, 11) is 0. The van der Waals surface area contributed by atoms with Crippen molar-refractivity contribution in [2.75, 3.05) is 0 Å². The number of nitrogens with zero attached hydrogens (tertiary/aromatic N) is 3. The van der Waals surface area contributed by atoms with E-state index in [2.05, 4.69) is 23.8 Å². The zero-order valence-electron chi connectivity index (χ0n) is 10.9. The van der Waals surface area contributed by atoms with Crippen LogP contribution < -0.4 is 0 Å². The highest BCUT2D eigenvalue weighted by atomic mass is 16.3. The number of pyridine rings is 1. The molecule has 4 nitrogen and oxygen atoms in total. The molecule has 2 aromatic rings. The van der Waals surface area contributed by atoms with Gasteiger partial charge in [-0.2, -0.15) is 0 Å². The van der Waals surface area contributed by atoms with E-state index >= 15 is 0 Å². The van der Waals surface area contributed by atoms with Crippen LogP contribution in [0.4, 0.5) is 0 Å². The minimum atomic E-state index is -0.676. The zero-order valence-corrected chi connectivity index (χ0v) is 10.9. The fourth-order valence-electron chi connectivity index (χ4n) is 2.14. The van der Waals surface area contributed by atoms with Gasteiger partial charge < -0.3 is 9.67 Å². The first-order chi connectivity index (χ1) is 8.77. The van der Waals surface area contributed by atoms with Gasteiger partial charge >= 0.3 is 0 Å². The molecule has 0 aliphatic heterocycles. The average molecular weight is 245 g/mol. The van der Waals surface area contributed by atoms with Crippen molar-refractivity contribution in [2.45, 2.75) is 39.3 Å². The molecule has 2 rings (SSSR count). The van der Waals surface area contributed by atoms with Gasteiger partial charge in [0.25, 0.3) is 0 Å². The quantitative estimate of drug-likeness (QED) is 0.879. The summed E-state index contributed by atoms with van der Waals surface area (Å²) in [4.78, 5) is 8.38. The first kappa shape index (κ1) is 12.8. The SMILES string of the molecule is CCCn1ccnc1C(O)c1ccncc1CC. The van der Waals surface area contributed by atoms with E-state index in [1.807, 2.05) is 23.0 Å². The lowest BCUT2D eigenvalue weighted by atomic mass is 10.0. The monoisotopic (exact) mass is 245 g/mol. The van der Waals surface area contributed by atoms with Crippen molar-refractivity contribution in [3.8, 4) is 0 Å². The normalized spacial score (nSPS) is 12.6. The minimum Gasteiger partial charge on any atom is -0.380 e. The summed E-state index contributed by atoms with van der Waals surface area (Å²) in [5.74, 6) is 0.706. The van der Waals surface area contributed by atoms with Crippen molar-refractivity contribution in [2.24, 2.45) is 0 Å². The Morgan fingerprint density at radius 3 is 2.89 bits per heavy atom. The molecular weight excluding hydrogens is 226 g/mol. The fraction of sp³-hybridized carbons (Fsp3) is 0.429. The molecule has 4 heteroatoms. The van der Waals surface area contributed by atoms with Crippen LogP contribution in [0, 0.1) is 0 Å². The van der Waals surface area contributed by atoms with Gasteiger partial charge in [-0.1, -0.05) is 13.8 Å². The Kier molecular flexibility index (Phi) is 4.10. The molecule has 0 fully saturated rings. The lowest BCUT2D eigenvalue weighted by Gasteiger charge is -2.15. The largest absolute Gasteiger partial charge is 0.380 e. The number of aromatic nitrogens is 3. The molecule has 0 aromatic carbocycles. The first-order valence-electron chi connectivity index (χ1n) is 6.39. The predicted octanol–water partition coefficient (Wildman–Crippen LogP) is 2.33. The smallest absolute Gasteiger partial charge is 0.142 e. The van der Waals surface area contributed by atoms with E-state index < -0.39 is 6.10 Å². The van der Waals surface area contributed by atoms with E-state index in [-0.39, 0.29) is 0 Å². The highest BCUT2D eigenvalue weighted by Gasteiger charge is 2.18. The van der Waals surface area contributed by atoms with E-state index in [0.717, 1.165) is 30.5 Å². The number of aliphatic hydroxyl groups excluding tert-OH is 1. The number of rotatable bonds is 5. The molecule has 0 bridgehead atoms. The van der Waals surface area contributed by atoms with Gasteiger partial charge in [-0.15, -0.1) is 0 Å². The van der Waals surface area contributed by atoms with Crippen molar-refractivity contribution in [1.29, 1.82) is 0 Å². The van der Waals surface area contributed by atoms with Crippen molar-refractivity contribution >= 4 is 0 Å². The number of aliphatic hydroxyl groups is 1. The van der Waals surface area contributed by atoms with Gasteiger partial charge in [-0.05, 0) is 30.0 Å². The zero-order chi connectivity index (χ0) is 13.0. The molecule has 0 aliphatic rings. The van der Waals surface area contributed by atoms with Crippen LogP contribution in [0.15, 0.2) is 30.9 Å². The van der Waals surface area contributed by atoms with Crippen LogP contribution in [-0.4, -0.2) is 19.6 Å². The van der Waals surface area contributed by atoms with Gasteiger partial charge in [-0.25, -0.2) is 4.98 Å². The molecule has 0 aliphatic carbocycles. The highest BCUT2D eigenvalue weighted by Crippen LogP contribution is 2.23. The van der Waals surface area contributed by atoms with E-state index in [9.17, 15) is 5.11 Å². The maximum Gasteiger partial charge on any atom is 0.142 e. The molecule has 1 unspecified atom stereocenters. The molecule has 0 saturated heterocycles. The Morgan fingerprint density at radius 1 is 1.33 bits per heavy atom. The Balaban J connectivity index is 2.35. The first-order valence-corrected chi connectivity index (χ1v) is 6.39. The van der Waals surface area contributed by atoms with Crippen LogP contribution in [0.5, 0.6) is 0 Å². The number of hydrogen-bond acceptors (Lipinski definition) is 3. The summed E-state index contributed by atoms with van der Waals surface area (Å²) < 4.78 is 2.00. The van der Waals surface area contributed by atoms with Gasteiger partial charge in [0.1, 0.15) is 11.9 Å². The fourth-order valence-corrected chi connectivity index (χ4v) is 2.14. The third kappa shape index (κ3) is 2.43. The number of hydrogen-bond donors (Lipinski definition) is 1. The molecule has 96 valence electrons. The Morgan fingerprint density at radius 2 is 2.17 bits per heavy atom. The minimum absolute atomic E-state index is 0.676. The molecule has 18 heavy (non-hydrogen) atoms. The maximum atomic E-state index is 10.5. The molecule has 0 amide bonds. The van der Waals surface area contributed by atoms with Crippen LogP contribution in [0.2, 0.25) is 0 Å². The summed E-state index contributed by atoms with van der Waals surface area (Å²) in [6.45, 7) is 5.05. The van der Waals surface area contributed by atoms with Gasteiger partial charge in [0.15, 0.2) is 0 Å². The lowest BCUT2D eigenvalue weighted by molar-refractivity contribution is 0.203. The van der Waals surface area contributed by atoms with E-state index in [1.165, 1.54) is 0 Å². The highest BCUT2D eigenvalue weighted by molar-refractivity contribution is 5.29. The Bertz CT molecular complexity index is 507. The van der Waals surface area contributed by atoms with E-state index in [4.69, 9.17) is 0 Å². The second-order valence-corrected chi connectivity index (χ2v) is 4.31. The van der Waals surface area contributed by atoms with Crippen molar-refractivity contribution < 1.29 is 5.11 Å². The Labute approximate surface area is 107 Å². The van der Waals surface area contributed by atoms with E-state index in [0.29, 0.717) is 5.82 Å². The van der Waals surface area contributed by atoms with Gasteiger partial charge in [0.2, 0.25) is 0 Å². The molecule has 2 heterocycles. The standard InChI is InChI=1S/C14H19N3O/c1-3-8-17-9-7-16-14(17)13(18)12-5-6-15-10-11(12)4-2/h5-7,9-10,13,18H,3-4,8H2,1-2H3. The third-order valence-electron chi connectivity index (χ3n) is 3.07. The third-order valence-corrected chi connectivity index (χ3v) is 3.07. The van der Waals surface area contributed by atoms with Gasteiger partial charge in [-0.3, -0.25) is 4.98 Å². The summed E-state index contributed by atoms with van der Waals surface area (Å²) in [6.07, 6.45) is 8.37. The average Bonchev–Trinajstić information content (AvgIpc) is 2.86. The van der Waals surface area contributed by atoms with Crippen LogP contribution in [-0.2, 0) is 13.0 Å². The number of aryl methyl sites for hydroxylation is 2. The molecule has 0 radical (unpaired) electrons. The molecule has 0 saturated carbocycles. The summed E-state index contributed by atoms with van der Waals surface area (Å²) >= 11 is 0. The molecule has 1 atom stereocenters. The summed E-state index contributed by atoms with van der Waals surface area (Å²) in [5, 5.41) is 10.5. The van der Waals surface area contributed by atoms with Crippen molar-refractivity contribution in [3.63, 3.8) is 0 Å². The summed E-state index contributed by atoms with van der Waals surface area (Å²) in [5.41, 5.74) is 1.96. The van der Waals surface area contributed by atoms with Crippen LogP contribution in [0.25, 0.3) is 0 Å². The molecule has 1 N–H and O–H groups in total. The van der Waals surface area contributed by atoms with Crippen LogP contribution in [0.3, 0.4) is 0 Å². The topological polar surface area (TPSA) is 50.9 Å².